The summed E-state index contributed by atoms with van der Waals surface area (Å²) in [6.07, 6.45) is 13.6. The van der Waals surface area contributed by atoms with Gasteiger partial charge in [-0.25, -0.2) is 4.98 Å². The molecule has 42 heavy (non-hydrogen) atoms. The highest BCUT2D eigenvalue weighted by atomic mass is 16.7. The van der Waals surface area contributed by atoms with Crippen LogP contribution in [0, 0.1) is 18.8 Å². The van der Waals surface area contributed by atoms with Crippen LogP contribution in [0.25, 0.3) is 0 Å². The molecule has 9 nitrogen and oxygen atoms in total. The molecular formula is C33H51N3O6. The molecule has 0 aromatic carbocycles. The second-order valence-corrected chi connectivity index (χ2v) is 12.1. The van der Waals surface area contributed by atoms with Gasteiger partial charge in [0, 0.05) is 45.6 Å². The number of hydrogen-bond donors (Lipinski definition) is 0. The van der Waals surface area contributed by atoms with Crippen LogP contribution >= 0.6 is 0 Å². The van der Waals surface area contributed by atoms with Gasteiger partial charge in [-0.1, -0.05) is 32.3 Å². The number of furan rings is 1. The molecule has 1 saturated carbocycles. The molecule has 1 amide bonds. The third-order valence-corrected chi connectivity index (χ3v) is 8.82. The van der Waals surface area contributed by atoms with Crippen molar-refractivity contribution in [3.63, 3.8) is 0 Å². The van der Waals surface area contributed by atoms with Gasteiger partial charge in [-0.15, -0.1) is 0 Å². The lowest BCUT2D eigenvalue weighted by Gasteiger charge is -2.45. The predicted molar refractivity (Wildman–Crippen MR) is 162 cm³/mol. The minimum Gasteiger partial charge on any atom is -0.459 e. The number of rotatable bonds is 16. The Bertz CT molecular complexity index is 1020. The number of hydrogen-bond acceptors (Lipinski definition) is 8. The lowest BCUT2D eigenvalue weighted by Crippen LogP contribution is -2.52. The first-order valence-corrected chi connectivity index (χ1v) is 15.7. The van der Waals surface area contributed by atoms with E-state index in [1.165, 1.54) is 32.1 Å². The number of ether oxygens (including phenoxy) is 4. The number of amides is 1. The summed E-state index contributed by atoms with van der Waals surface area (Å²) < 4.78 is 27.8. The Labute approximate surface area is 251 Å². The number of anilines is 1. The largest absolute Gasteiger partial charge is 0.459 e. The molecule has 1 aliphatic carbocycles. The maximum absolute atomic E-state index is 13.6. The molecule has 4 rings (SSSR count). The molecule has 2 aliphatic rings. The van der Waals surface area contributed by atoms with Gasteiger partial charge < -0.3 is 23.4 Å². The van der Waals surface area contributed by atoms with Crippen LogP contribution in [0.5, 0.6) is 0 Å². The van der Waals surface area contributed by atoms with Gasteiger partial charge in [-0.2, -0.15) is 0 Å². The molecule has 0 radical (unpaired) electrons. The van der Waals surface area contributed by atoms with Gasteiger partial charge in [0.25, 0.3) is 5.91 Å². The molecule has 3 atom stereocenters. The molecule has 2 fully saturated rings. The number of carbonyl (C=O) groups is 1. The van der Waals surface area contributed by atoms with E-state index in [2.05, 4.69) is 16.8 Å². The van der Waals surface area contributed by atoms with Gasteiger partial charge in [0.05, 0.1) is 19.0 Å². The Balaban J connectivity index is 1.47. The topological polar surface area (TPSA) is 86.5 Å². The first-order chi connectivity index (χ1) is 20.5. The number of nitrogens with zero attached hydrogens (tertiary/aromatic N) is 3. The number of methoxy groups -OCH3 is 2. The number of piperidine rings is 1. The molecule has 234 valence electrons. The van der Waals surface area contributed by atoms with Crippen molar-refractivity contribution in [3.8, 4) is 0 Å². The normalized spacial score (nSPS) is 19.4. The summed E-state index contributed by atoms with van der Waals surface area (Å²) in [4.78, 5) is 22.8. The minimum absolute atomic E-state index is 0.0551. The van der Waals surface area contributed by atoms with Gasteiger partial charge in [-0.3, -0.25) is 14.6 Å². The van der Waals surface area contributed by atoms with Crippen LogP contribution in [0.2, 0.25) is 0 Å². The van der Waals surface area contributed by atoms with Crippen molar-refractivity contribution in [1.29, 1.82) is 0 Å². The van der Waals surface area contributed by atoms with Crippen molar-refractivity contribution in [1.82, 2.24) is 9.88 Å². The van der Waals surface area contributed by atoms with Crippen LogP contribution in [-0.2, 0) is 18.9 Å². The second-order valence-electron chi connectivity index (χ2n) is 12.1. The highest BCUT2D eigenvalue weighted by molar-refractivity contribution is 6.04. The van der Waals surface area contributed by atoms with Crippen LogP contribution in [0.1, 0.15) is 80.8 Å². The Hall–Kier alpha value is -2.30. The van der Waals surface area contributed by atoms with Crippen molar-refractivity contribution < 1.29 is 28.2 Å². The van der Waals surface area contributed by atoms with E-state index in [1.54, 1.807) is 32.6 Å². The lowest BCUT2D eigenvalue weighted by atomic mass is 9.79. The number of likely N-dealkylation sites (tertiary alicyclic amines) is 1. The van der Waals surface area contributed by atoms with Gasteiger partial charge >= 0.3 is 0 Å². The Morgan fingerprint density at radius 1 is 1.05 bits per heavy atom. The molecule has 2 aromatic rings. The summed E-state index contributed by atoms with van der Waals surface area (Å²) in [5, 5.41) is 0. The molecule has 3 unspecified atom stereocenters. The fraction of sp³-hybridized carbons (Fsp3) is 0.697. The second kappa shape index (κ2) is 17.1. The van der Waals surface area contributed by atoms with E-state index in [0.29, 0.717) is 49.6 Å². The molecule has 1 saturated heterocycles. The van der Waals surface area contributed by atoms with Gasteiger partial charge in [-0.05, 0) is 81.0 Å². The van der Waals surface area contributed by atoms with E-state index in [0.717, 1.165) is 44.3 Å². The van der Waals surface area contributed by atoms with E-state index in [4.69, 9.17) is 23.4 Å². The zero-order valence-corrected chi connectivity index (χ0v) is 26.0. The summed E-state index contributed by atoms with van der Waals surface area (Å²) in [5.74, 6) is 1.91. The van der Waals surface area contributed by atoms with E-state index < -0.39 is 0 Å². The van der Waals surface area contributed by atoms with Crippen molar-refractivity contribution >= 4 is 11.7 Å². The van der Waals surface area contributed by atoms with Crippen LogP contribution < -0.4 is 4.90 Å². The van der Waals surface area contributed by atoms with Crippen molar-refractivity contribution in [2.45, 2.75) is 89.8 Å². The van der Waals surface area contributed by atoms with E-state index in [9.17, 15) is 4.79 Å². The lowest BCUT2D eigenvalue weighted by molar-refractivity contribution is -0.0987. The number of aryl methyl sites for hydroxylation is 1. The highest BCUT2D eigenvalue weighted by Crippen LogP contribution is 2.35. The fourth-order valence-electron chi connectivity index (χ4n) is 6.73. The molecule has 1 aliphatic heterocycles. The van der Waals surface area contributed by atoms with E-state index in [-0.39, 0.29) is 18.1 Å². The van der Waals surface area contributed by atoms with Crippen LogP contribution in [0.15, 0.2) is 41.1 Å². The maximum Gasteiger partial charge on any atom is 0.295 e. The third kappa shape index (κ3) is 9.35. The quantitative estimate of drug-likeness (QED) is 0.173. The Kier molecular flexibility index (Phi) is 13.3. The van der Waals surface area contributed by atoms with Crippen molar-refractivity contribution in [2.75, 3.05) is 52.4 Å². The molecule has 0 spiro atoms. The van der Waals surface area contributed by atoms with Crippen molar-refractivity contribution in [2.24, 2.45) is 11.8 Å². The summed E-state index contributed by atoms with van der Waals surface area (Å²) in [5.41, 5.74) is 1.07. The molecule has 9 heteroatoms. The molecule has 0 N–H and O–H groups in total. The minimum atomic E-state index is -0.128. The Morgan fingerprint density at radius 3 is 2.45 bits per heavy atom. The van der Waals surface area contributed by atoms with E-state index in [1.807, 2.05) is 30.2 Å². The molecule has 3 heterocycles. The Morgan fingerprint density at radius 2 is 1.81 bits per heavy atom. The number of carbonyl (C=O) groups excluding carboxylic acids is 1. The van der Waals surface area contributed by atoms with Gasteiger partial charge in [0.1, 0.15) is 19.4 Å². The van der Waals surface area contributed by atoms with Gasteiger partial charge in [0.15, 0.2) is 5.76 Å². The molecule has 2 aromatic heterocycles. The monoisotopic (exact) mass is 585 g/mol. The van der Waals surface area contributed by atoms with Crippen LogP contribution in [0.4, 0.5) is 5.82 Å². The van der Waals surface area contributed by atoms with Crippen LogP contribution in [0.3, 0.4) is 0 Å². The first kappa shape index (κ1) is 32.6. The highest BCUT2D eigenvalue weighted by Gasteiger charge is 2.37. The van der Waals surface area contributed by atoms with E-state index >= 15 is 0 Å². The zero-order valence-electron chi connectivity index (χ0n) is 26.0. The number of aromatic nitrogens is 1. The average molecular weight is 586 g/mol. The predicted octanol–water partition coefficient (Wildman–Crippen LogP) is 6.07. The zero-order chi connectivity index (χ0) is 29.7. The van der Waals surface area contributed by atoms with Gasteiger partial charge in [0.2, 0.25) is 0 Å². The standard InChI is InChI=1S/C33H51N3O6/c1-25-12-13-32(34-21-25)36(33(37)31-11-8-18-41-31)28-14-16-35(17-15-28)30(27-9-6-5-7-10-27)20-29(42-24-39-4)19-26(2)22-40-23-38-3/h8,11-13,18,21,26-30H,5-7,9-10,14-17,19-20,22-24H2,1-4H3. The SMILES string of the molecule is COCOCC(C)CC(CC(C1CCCCC1)N1CCC(N(C(=O)c2ccco2)c2ccc(C)cn2)CC1)OCOC. The fourth-order valence-corrected chi connectivity index (χ4v) is 6.73. The summed E-state index contributed by atoms with van der Waals surface area (Å²) >= 11 is 0. The smallest absolute Gasteiger partial charge is 0.295 e. The molecular weight excluding hydrogens is 534 g/mol. The average Bonchev–Trinajstić information content (AvgIpc) is 3.56. The molecule has 0 bridgehead atoms. The summed E-state index contributed by atoms with van der Waals surface area (Å²) in [6, 6.07) is 7.95. The van der Waals surface area contributed by atoms with Crippen LogP contribution in [-0.4, -0.2) is 81.5 Å². The summed E-state index contributed by atoms with van der Waals surface area (Å²) in [7, 11) is 3.33. The van der Waals surface area contributed by atoms with Crippen molar-refractivity contribution in [3.05, 3.63) is 48.0 Å². The summed E-state index contributed by atoms with van der Waals surface area (Å²) in [6.45, 7) is 7.34. The maximum atomic E-state index is 13.6. The first-order valence-electron chi connectivity index (χ1n) is 15.7. The third-order valence-electron chi connectivity index (χ3n) is 8.82. The number of pyridine rings is 1.